The van der Waals surface area contributed by atoms with Crippen molar-refractivity contribution in [2.45, 2.75) is 34.1 Å². The van der Waals surface area contributed by atoms with Crippen molar-refractivity contribution in [1.29, 1.82) is 10.5 Å². The zero-order valence-electron chi connectivity index (χ0n) is 16.9. The van der Waals surface area contributed by atoms with Crippen molar-refractivity contribution in [3.05, 3.63) is 68.8 Å². The predicted octanol–water partition coefficient (Wildman–Crippen LogP) is 4.27. The summed E-state index contributed by atoms with van der Waals surface area (Å²) in [7, 11) is 1.00. The van der Waals surface area contributed by atoms with Crippen LogP contribution in [0.1, 0.15) is 42.5 Å². The standard InChI is InChI=1S/C8H6N2O2.C8H8N2.C4H8O.CH4O.CH4/c1-6-4-7(5-9)2-3-8(6)10(11)12;1-6-4-7(5-9)2-3-8(6)10;1-2-4-5-3-1;1-2;/h2-4H,1H3;2-4H,10H2,1H3;1-4H2;2H,1H3;1H4. The number of nitro groups is 1. The first-order chi connectivity index (χ1) is 13.9. The Balaban J connectivity index is 0. The van der Waals surface area contributed by atoms with E-state index in [-0.39, 0.29) is 13.1 Å². The molecule has 162 valence electrons. The normalized spacial score (nSPS) is 10.7. The molecule has 30 heavy (non-hydrogen) atoms. The maximum absolute atomic E-state index is 10.3. The van der Waals surface area contributed by atoms with Crippen LogP contribution in [0, 0.1) is 46.6 Å². The third-order valence-corrected chi connectivity index (χ3v) is 3.75. The molecule has 1 saturated heterocycles. The number of hydrogen-bond acceptors (Lipinski definition) is 7. The molecule has 0 aliphatic carbocycles. The van der Waals surface area contributed by atoms with Gasteiger partial charge in [0, 0.05) is 37.6 Å². The van der Waals surface area contributed by atoms with Gasteiger partial charge in [-0.25, -0.2) is 0 Å². The molecule has 8 nitrogen and oxygen atoms in total. The number of anilines is 1. The maximum atomic E-state index is 10.3. The summed E-state index contributed by atoms with van der Waals surface area (Å²) < 4.78 is 4.94. The Hall–Kier alpha value is -3.46. The Morgan fingerprint density at radius 3 is 1.80 bits per heavy atom. The molecular weight excluding hydrogens is 384 g/mol. The molecule has 8 heteroatoms. The monoisotopic (exact) mass is 414 g/mol. The van der Waals surface area contributed by atoms with Gasteiger partial charge in [-0.3, -0.25) is 10.1 Å². The van der Waals surface area contributed by atoms with Crippen molar-refractivity contribution in [3.8, 4) is 12.1 Å². The first-order valence-corrected chi connectivity index (χ1v) is 8.83. The van der Waals surface area contributed by atoms with Gasteiger partial charge in [-0.05, 0) is 62.6 Å². The number of aliphatic hydroxyl groups excluding tert-OH is 1. The van der Waals surface area contributed by atoms with Crippen LogP contribution < -0.4 is 5.73 Å². The highest BCUT2D eigenvalue weighted by atomic mass is 16.6. The van der Waals surface area contributed by atoms with Gasteiger partial charge in [-0.2, -0.15) is 10.5 Å². The second-order valence-electron chi connectivity index (χ2n) is 5.87. The largest absolute Gasteiger partial charge is 0.400 e. The summed E-state index contributed by atoms with van der Waals surface area (Å²) >= 11 is 0. The van der Waals surface area contributed by atoms with Crippen LogP contribution in [0.4, 0.5) is 11.4 Å². The number of aryl methyl sites for hydroxylation is 2. The van der Waals surface area contributed by atoms with Gasteiger partial charge < -0.3 is 15.6 Å². The summed E-state index contributed by atoms with van der Waals surface area (Å²) in [4.78, 5) is 9.88. The molecule has 3 rings (SSSR count). The molecule has 2 aromatic carbocycles. The molecule has 2 aromatic rings. The molecule has 0 aromatic heterocycles. The summed E-state index contributed by atoms with van der Waals surface area (Å²) in [5.41, 5.74) is 8.89. The number of nitrogens with zero attached hydrogens (tertiary/aromatic N) is 3. The van der Waals surface area contributed by atoms with Crippen LogP contribution in [0.5, 0.6) is 0 Å². The average Bonchev–Trinajstić information content (AvgIpc) is 3.32. The molecule has 0 radical (unpaired) electrons. The number of aliphatic hydroxyl groups is 1. The number of rotatable bonds is 1. The Bertz CT molecular complexity index is 859. The van der Waals surface area contributed by atoms with E-state index >= 15 is 0 Å². The molecule has 1 heterocycles. The van der Waals surface area contributed by atoms with E-state index in [0.717, 1.165) is 31.6 Å². The first-order valence-electron chi connectivity index (χ1n) is 8.83. The van der Waals surface area contributed by atoms with E-state index in [9.17, 15) is 10.1 Å². The summed E-state index contributed by atoms with van der Waals surface area (Å²) in [6, 6.07) is 13.5. The van der Waals surface area contributed by atoms with Crippen LogP contribution in [0.2, 0.25) is 0 Å². The molecule has 1 aliphatic heterocycles. The van der Waals surface area contributed by atoms with Crippen LogP contribution in [0.3, 0.4) is 0 Å². The lowest BCUT2D eigenvalue weighted by atomic mass is 10.1. The second kappa shape index (κ2) is 16.5. The number of nitrogens with two attached hydrogens (primary N) is 1. The van der Waals surface area contributed by atoms with E-state index in [1.54, 1.807) is 25.1 Å². The van der Waals surface area contributed by atoms with Crippen molar-refractivity contribution in [2.75, 3.05) is 26.1 Å². The van der Waals surface area contributed by atoms with Crippen molar-refractivity contribution in [1.82, 2.24) is 0 Å². The number of nitrogen functional groups attached to an aromatic ring is 1. The van der Waals surface area contributed by atoms with E-state index in [4.69, 9.17) is 26.1 Å². The highest BCUT2D eigenvalue weighted by Crippen LogP contribution is 2.17. The molecule has 0 bridgehead atoms. The van der Waals surface area contributed by atoms with E-state index in [1.807, 2.05) is 19.1 Å². The predicted molar refractivity (Wildman–Crippen MR) is 118 cm³/mol. The summed E-state index contributed by atoms with van der Waals surface area (Å²) in [5, 5.41) is 34.3. The Morgan fingerprint density at radius 2 is 1.47 bits per heavy atom. The molecule has 1 fully saturated rings. The average molecular weight is 415 g/mol. The lowest BCUT2D eigenvalue weighted by Gasteiger charge is -1.97. The van der Waals surface area contributed by atoms with Gasteiger partial charge in [0.2, 0.25) is 0 Å². The first kappa shape index (κ1) is 28.7. The van der Waals surface area contributed by atoms with Gasteiger partial charge in [-0.1, -0.05) is 7.43 Å². The molecule has 1 aliphatic rings. The smallest absolute Gasteiger partial charge is 0.272 e. The molecule has 0 spiro atoms. The van der Waals surface area contributed by atoms with E-state index in [1.165, 1.54) is 31.0 Å². The van der Waals surface area contributed by atoms with Crippen LogP contribution in [-0.4, -0.2) is 30.4 Å². The minimum Gasteiger partial charge on any atom is -0.400 e. The Morgan fingerprint density at radius 1 is 1.00 bits per heavy atom. The van der Waals surface area contributed by atoms with Crippen molar-refractivity contribution in [3.63, 3.8) is 0 Å². The van der Waals surface area contributed by atoms with E-state index in [0.29, 0.717) is 16.7 Å². The summed E-state index contributed by atoms with van der Waals surface area (Å²) in [6.45, 7) is 5.50. The molecule has 0 atom stereocenters. The SMILES string of the molecule is C.C1CCOC1.CO.Cc1cc(C#N)ccc1N.Cc1cc(C#N)ccc1[N+](=O)[O-]. The van der Waals surface area contributed by atoms with Crippen molar-refractivity contribution in [2.24, 2.45) is 0 Å². The highest BCUT2D eigenvalue weighted by Gasteiger charge is 2.09. The van der Waals surface area contributed by atoms with Crippen molar-refractivity contribution >= 4 is 11.4 Å². The fraction of sp³-hybridized carbons (Fsp3) is 0.364. The summed E-state index contributed by atoms with van der Waals surface area (Å²) in [6.07, 6.45) is 2.56. The number of nitro benzene ring substituents is 1. The second-order valence-corrected chi connectivity index (χ2v) is 5.87. The third-order valence-electron chi connectivity index (χ3n) is 3.75. The number of hydrogen-bond donors (Lipinski definition) is 2. The zero-order valence-corrected chi connectivity index (χ0v) is 16.9. The minimum absolute atomic E-state index is 0. The van der Waals surface area contributed by atoms with Gasteiger partial charge in [0.15, 0.2) is 0 Å². The van der Waals surface area contributed by atoms with E-state index in [2.05, 4.69) is 0 Å². The van der Waals surface area contributed by atoms with E-state index < -0.39 is 4.92 Å². The third kappa shape index (κ3) is 10.8. The topological polar surface area (TPSA) is 146 Å². The highest BCUT2D eigenvalue weighted by molar-refractivity contribution is 5.50. The lowest BCUT2D eigenvalue weighted by molar-refractivity contribution is -0.385. The molecule has 3 N–H and O–H groups in total. The van der Waals surface area contributed by atoms with Gasteiger partial charge in [0.25, 0.3) is 5.69 Å². The molecule has 0 unspecified atom stereocenters. The van der Waals surface area contributed by atoms with Crippen molar-refractivity contribution < 1.29 is 14.8 Å². The lowest BCUT2D eigenvalue weighted by Crippen LogP contribution is -1.91. The number of nitriles is 2. The van der Waals surface area contributed by atoms with Crippen LogP contribution >= 0.6 is 0 Å². The van der Waals surface area contributed by atoms with Gasteiger partial charge in [0.05, 0.1) is 28.2 Å². The van der Waals surface area contributed by atoms with Crippen LogP contribution in [-0.2, 0) is 4.74 Å². The molecule has 0 amide bonds. The zero-order chi connectivity index (χ0) is 22.2. The summed E-state index contributed by atoms with van der Waals surface area (Å²) in [5.74, 6) is 0. The molecular formula is C22H30N4O4. The van der Waals surface area contributed by atoms with Gasteiger partial charge in [0.1, 0.15) is 0 Å². The minimum atomic E-state index is -0.462. The van der Waals surface area contributed by atoms with Crippen LogP contribution in [0.15, 0.2) is 36.4 Å². The molecule has 0 saturated carbocycles. The maximum Gasteiger partial charge on any atom is 0.272 e. The fourth-order valence-corrected chi connectivity index (χ4v) is 2.19. The Labute approximate surface area is 178 Å². The fourth-order valence-electron chi connectivity index (χ4n) is 2.19. The van der Waals surface area contributed by atoms with Gasteiger partial charge in [-0.15, -0.1) is 0 Å². The van der Waals surface area contributed by atoms with Gasteiger partial charge >= 0.3 is 0 Å². The quantitative estimate of drug-likeness (QED) is 0.402. The van der Waals surface area contributed by atoms with Crippen LogP contribution in [0.25, 0.3) is 0 Å². The number of ether oxygens (including phenoxy) is 1. The Kier molecular flexibility index (Phi) is 15.8. The number of benzene rings is 2.